The Balaban J connectivity index is 0. The van der Waals surface area contributed by atoms with Crippen LogP contribution in [0.25, 0.3) is 0 Å². The van der Waals surface area contributed by atoms with Gasteiger partial charge >= 0.3 is 0 Å². The Kier molecular flexibility index (Phi) is 14.8. The molecular weight excluding hydrogens is 138 g/mol. The fraction of sp³-hybridized carbons (Fsp3) is 0.750. The van der Waals surface area contributed by atoms with Crippen molar-refractivity contribution in [3.63, 3.8) is 0 Å². The maximum Gasteiger partial charge on any atom is 0.0104 e. The van der Waals surface area contributed by atoms with Crippen molar-refractivity contribution in [1.29, 1.82) is 0 Å². The Morgan fingerprint density at radius 1 is 1.36 bits per heavy atom. The van der Waals surface area contributed by atoms with Crippen molar-refractivity contribution in [3.05, 3.63) is 12.7 Å². The van der Waals surface area contributed by atoms with Gasteiger partial charge in [-0.1, -0.05) is 6.08 Å². The first-order valence-corrected chi connectivity index (χ1v) is 3.84. The summed E-state index contributed by atoms with van der Waals surface area (Å²) in [6.45, 7) is 5.85. The van der Waals surface area contributed by atoms with E-state index in [1.807, 2.05) is 0 Å². The van der Waals surface area contributed by atoms with Crippen molar-refractivity contribution in [1.82, 2.24) is 4.90 Å². The van der Waals surface area contributed by atoms with Crippen LogP contribution in [0.2, 0.25) is 0 Å². The van der Waals surface area contributed by atoms with Gasteiger partial charge in [0.25, 0.3) is 0 Å². The van der Waals surface area contributed by atoms with Gasteiger partial charge in [0.1, 0.15) is 0 Å². The smallest absolute Gasteiger partial charge is 0.0104 e. The molecule has 3 heteroatoms. The van der Waals surface area contributed by atoms with Crippen molar-refractivity contribution in [3.8, 4) is 0 Å². The molecule has 0 aliphatic rings. The van der Waals surface area contributed by atoms with E-state index in [1.165, 1.54) is 0 Å². The molecule has 11 heavy (non-hydrogen) atoms. The third-order valence-electron chi connectivity index (χ3n) is 0.976. The predicted octanol–water partition coefficient (Wildman–Crippen LogP) is 0.0279. The molecule has 0 aromatic carbocycles. The van der Waals surface area contributed by atoms with E-state index in [0.29, 0.717) is 6.54 Å². The zero-order chi connectivity index (χ0) is 9.11. The third-order valence-corrected chi connectivity index (χ3v) is 0.976. The molecular formula is C8H21N3. The van der Waals surface area contributed by atoms with Crippen LogP contribution in [0, 0.1) is 0 Å². The van der Waals surface area contributed by atoms with Crippen LogP contribution in [-0.4, -0.2) is 38.6 Å². The Hall–Kier alpha value is -0.380. The van der Waals surface area contributed by atoms with Gasteiger partial charge in [0.15, 0.2) is 0 Å². The third kappa shape index (κ3) is 26.2. The fourth-order valence-corrected chi connectivity index (χ4v) is 0.408. The van der Waals surface area contributed by atoms with Gasteiger partial charge in [-0.3, -0.25) is 0 Å². The van der Waals surface area contributed by atoms with Gasteiger partial charge in [-0.2, -0.15) is 0 Å². The van der Waals surface area contributed by atoms with Gasteiger partial charge in [-0.15, -0.1) is 6.58 Å². The Bertz CT molecular complexity index is 71.7. The number of hydrogen-bond donors (Lipinski definition) is 2. The second-order valence-corrected chi connectivity index (χ2v) is 2.47. The molecule has 0 atom stereocenters. The zero-order valence-electron chi connectivity index (χ0n) is 7.71. The topological polar surface area (TPSA) is 55.3 Å². The van der Waals surface area contributed by atoms with Crippen LogP contribution in [0.3, 0.4) is 0 Å². The van der Waals surface area contributed by atoms with Crippen molar-refractivity contribution >= 4 is 0 Å². The maximum atomic E-state index is 5.25. The van der Waals surface area contributed by atoms with Gasteiger partial charge in [0.05, 0.1) is 0 Å². The van der Waals surface area contributed by atoms with Gasteiger partial charge in [-0.05, 0) is 33.6 Å². The monoisotopic (exact) mass is 159 g/mol. The van der Waals surface area contributed by atoms with Crippen LogP contribution in [0.15, 0.2) is 12.7 Å². The quantitative estimate of drug-likeness (QED) is 0.569. The minimum atomic E-state index is 0.583. The minimum Gasteiger partial charge on any atom is -0.330 e. The summed E-state index contributed by atoms with van der Waals surface area (Å²) >= 11 is 0. The SMILES string of the molecule is C=CCN.CN(C)CCCN. The Labute approximate surface area is 70.0 Å². The summed E-state index contributed by atoms with van der Waals surface area (Å²) < 4.78 is 0. The van der Waals surface area contributed by atoms with Crippen LogP contribution < -0.4 is 11.5 Å². The molecule has 0 aliphatic heterocycles. The molecule has 0 saturated heterocycles. The molecule has 0 aromatic heterocycles. The molecule has 0 radical (unpaired) electrons. The van der Waals surface area contributed by atoms with Gasteiger partial charge in [0.2, 0.25) is 0 Å². The van der Waals surface area contributed by atoms with Crippen molar-refractivity contribution < 1.29 is 0 Å². The molecule has 3 nitrogen and oxygen atoms in total. The number of nitrogens with zero attached hydrogens (tertiary/aromatic N) is 1. The number of hydrogen-bond acceptors (Lipinski definition) is 3. The molecule has 0 unspecified atom stereocenters. The Morgan fingerprint density at radius 3 is 1.91 bits per heavy atom. The van der Waals surface area contributed by atoms with E-state index in [1.54, 1.807) is 6.08 Å². The van der Waals surface area contributed by atoms with Crippen molar-refractivity contribution in [2.24, 2.45) is 11.5 Å². The lowest BCUT2D eigenvalue weighted by atomic mass is 10.4. The summed E-state index contributed by atoms with van der Waals surface area (Å²) in [6, 6.07) is 0. The molecule has 0 aliphatic carbocycles. The molecule has 0 amide bonds. The lowest BCUT2D eigenvalue weighted by Crippen LogP contribution is -2.16. The van der Waals surface area contributed by atoms with Crippen molar-refractivity contribution in [2.45, 2.75) is 6.42 Å². The molecule has 0 aromatic rings. The summed E-state index contributed by atoms with van der Waals surface area (Å²) in [4.78, 5) is 2.13. The molecule has 4 N–H and O–H groups in total. The summed E-state index contributed by atoms with van der Waals surface area (Å²) in [5, 5.41) is 0. The number of nitrogens with two attached hydrogens (primary N) is 2. The zero-order valence-corrected chi connectivity index (χ0v) is 7.71. The number of rotatable bonds is 4. The molecule has 68 valence electrons. The van der Waals surface area contributed by atoms with E-state index in [-0.39, 0.29) is 0 Å². The van der Waals surface area contributed by atoms with E-state index in [9.17, 15) is 0 Å². The fourth-order valence-electron chi connectivity index (χ4n) is 0.408. The van der Waals surface area contributed by atoms with Crippen LogP contribution in [0.1, 0.15) is 6.42 Å². The van der Waals surface area contributed by atoms with E-state index in [0.717, 1.165) is 19.5 Å². The van der Waals surface area contributed by atoms with Crippen LogP contribution >= 0.6 is 0 Å². The van der Waals surface area contributed by atoms with Gasteiger partial charge in [-0.25, -0.2) is 0 Å². The summed E-state index contributed by atoms with van der Waals surface area (Å²) in [5.74, 6) is 0. The molecule has 0 spiro atoms. The van der Waals surface area contributed by atoms with E-state index in [2.05, 4.69) is 25.6 Å². The largest absolute Gasteiger partial charge is 0.330 e. The Morgan fingerprint density at radius 2 is 1.82 bits per heavy atom. The van der Waals surface area contributed by atoms with Crippen molar-refractivity contribution in [2.75, 3.05) is 33.7 Å². The minimum absolute atomic E-state index is 0.583. The second kappa shape index (κ2) is 12.3. The van der Waals surface area contributed by atoms with Gasteiger partial charge in [0, 0.05) is 6.54 Å². The van der Waals surface area contributed by atoms with Crippen LogP contribution in [0.5, 0.6) is 0 Å². The highest BCUT2D eigenvalue weighted by Crippen LogP contribution is 1.76. The average molecular weight is 159 g/mol. The van der Waals surface area contributed by atoms with E-state index in [4.69, 9.17) is 11.5 Å². The summed E-state index contributed by atoms with van der Waals surface area (Å²) in [5.41, 5.74) is 10.2. The first kappa shape index (κ1) is 13.2. The standard InChI is InChI=1S/C5H14N2.C3H7N/c1-7(2)5-3-4-6;1-2-3-4/h3-6H2,1-2H3;2H,1,3-4H2. The maximum absolute atomic E-state index is 5.25. The normalized spacial score (nSPS) is 8.82. The van der Waals surface area contributed by atoms with Crippen LogP contribution in [0.4, 0.5) is 0 Å². The molecule has 0 rings (SSSR count). The van der Waals surface area contributed by atoms with E-state index >= 15 is 0 Å². The first-order chi connectivity index (χ1) is 5.18. The molecule has 0 bridgehead atoms. The molecule has 0 heterocycles. The highest BCUT2D eigenvalue weighted by atomic mass is 15.0. The molecule has 0 fully saturated rings. The first-order valence-electron chi connectivity index (χ1n) is 3.84. The average Bonchev–Trinajstić information content (AvgIpc) is 2.01. The van der Waals surface area contributed by atoms with Crippen LogP contribution in [-0.2, 0) is 0 Å². The lowest BCUT2D eigenvalue weighted by Gasteiger charge is -2.05. The summed E-state index contributed by atoms with van der Waals surface area (Å²) in [6.07, 6.45) is 2.76. The molecule has 0 saturated carbocycles. The highest BCUT2D eigenvalue weighted by molar-refractivity contribution is 4.64. The lowest BCUT2D eigenvalue weighted by molar-refractivity contribution is 0.403. The predicted molar refractivity (Wildman–Crippen MR) is 51.5 cm³/mol. The summed E-state index contributed by atoms with van der Waals surface area (Å²) in [7, 11) is 4.10. The second-order valence-electron chi connectivity index (χ2n) is 2.47. The van der Waals surface area contributed by atoms with Gasteiger partial charge < -0.3 is 16.4 Å². The van der Waals surface area contributed by atoms with E-state index < -0.39 is 0 Å². The highest BCUT2D eigenvalue weighted by Gasteiger charge is 1.83.